The third kappa shape index (κ3) is 6.04. The Morgan fingerprint density at radius 3 is 2.71 bits per heavy atom. The number of amides is 1. The van der Waals surface area contributed by atoms with Gasteiger partial charge in [-0.2, -0.15) is 0 Å². The fourth-order valence-electron chi connectivity index (χ4n) is 1.78. The van der Waals surface area contributed by atoms with Crippen LogP contribution in [0.4, 0.5) is 0 Å². The first-order valence-corrected chi connectivity index (χ1v) is 7.06. The Hall–Kier alpha value is -1.75. The zero-order chi connectivity index (χ0) is 15.8. The minimum atomic E-state index is -0.619. The van der Waals surface area contributed by atoms with Gasteiger partial charge in [-0.25, -0.2) is 0 Å². The van der Waals surface area contributed by atoms with Crippen molar-refractivity contribution in [2.24, 2.45) is 0 Å². The fraction of sp³-hybridized carbons (Fsp3) is 0.467. The molecule has 0 radical (unpaired) electrons. The van der Waals surface area contributed by atoms with Gasteiger partial charge in [-0.1, -0.05) is 17.7 Å². The van der Waals surface area contributed by atoms with Gasteiger partial charge < -0.3 is 14.4 Å². The van der Waals surface area contributed by atoms with E-state index in [4.69, 9.17) is 16.3 Å². The predicted octanol–water partition coefficient (Wildman–Crippen LogP) is 2.52. The molecular formula is C15H20ClNO4. The second-order valence-electron chi connectivity index (χ2n) is 4.66. The highest BCUT2D eigenvalue weighted by molar-refractivity contribution is 6.30. The number of carbonyl (C=O) groups excluding carboxylic acids is 2. The van der Waals surface area contributed by atoms with Gasteiger partial charge in [0.1, 0.15) is 5.75 Å². The number of esters is 1. The first kappa shape index (κ1) is 17.3. The standard InChI is InChI=1S/C15H20ClNO4/c1-11(21-13-7-4-6-12(16)10-13)15(19)17(2)9-5-8-14(18)20-3/h4,6-7,10-11H,5,8-9H2,1-3H3. The average molecular weight is 314 g/mol. The minimum absolute atomic E-state index is 0.153. The first-order valence-electron chi connectivity index (χ1n) is 6.68. The van der Waals surface area contributed by atoms with Crippen molar-refractivity contribution in [3.63, 3.8) is 0 Å². The predicted molar refractivity (Wildman–Crippen MR) is 80.4 cm³/mol. The summed E-state index contributed by atoms with van der Waals surface area (Å²) in [5, 5.41) is 0.554. The molecule has 0 saturated carbocycles. The van der Waals surface area contributed by atoms with Crippen molar-refractivity contribution in [1.29, 1.82) is 0 Å². The third-order valence-corrected chi connectivity index (χ3v) is 3.17. The van der Waals surface area contributed by atoms with Crippen molar-refractivity contribution in [3.05, 3.63) is 29.3 Å². The van der Waals surface area contributed by atoms with Crippen LogP contribution in [0.5, 0.6) is 5.75 Å². The van der Waals surface area contributed by atoms with Crippen LogP contribution < -0.4 is 4.74 Å². The van der Waals surface area contributed by atoms with Gasteiger partial charge in [0, 0.05) is 25.0 Å². The Morgan fingerprint density at radius 1 is 1.38 bits per heavy atom. The summed E-state index contributed by atoms with van der Waals surface area (Å²) in [6.45, 7) is 2.15. The zero-order valence-corrected chi connectivity index (χ0v) is 13.2. The molecule has 1 amide bonds. The number of nitrogens with zero attached hydrogens (tertiary/aromatic N) is 1. The fourth-order valence-corrected chi connectivity index (χ4v) is 1.96. The number of carbonyl (C=O) groups is 2. The molecule has 0 aliphatic carbocycles. The average Bonchev–Trinajstić information content (AvgIpc) is 2.45. The van der Waals surface area contributed by atoms with Crippen molar-refractivity contribution in [1.82, 2.24) is 4.90 Å². The summed E-state index contributed by atoms with van der Waals surface area (Å²) < 4.78 is 10.1. The topological polar surface area (TPSA) is 55.8 Å². The molecule has 6 heteroatoms. The van der Waals surface area contributed by atoms with E-state index in [1.807, 2.05) is 0 Å². The Morgan fingerprint density at radius 2 is 2.10 bits per heavy atom. The number of methoxy groups -OCH3 is 1. The Balaban J connectivity index is 2.44. The van der Waals surface area contributed by atoms with Gasteiger partial charge in [0.15, 0.2) is 6.10 Å². The van der Waals surface area contributed by atoms with Gasteiger partial charge >= 0.3 is 5.97 Å². The summed E-state index contributed by atoms with van der Waals surface area (Å²) in [6, 6.07) is 6.89. The summed E-state index contributed by atoms with van der Waals surface area (Å²) in [5.74, 6) is 0.116. The Labute approximate surface area is 129 Å². The minimum Gasteiger partial charge on any atom is -0.481 e. The van der Waals surface area contributed by atoms with Crippen molar-refractivity contribution >= 4 is 23.5 Å². The molecule has 0 bridgehead atoms. The van der Waals surface area contributed by atoms with Crippen LogP contribution in [0.25, 0.3) is 0 Å². The molecule has 1 atom stereocenters. The summed E-state index contributed by atoms with van der Waals surface area (Å²) in [6.07, 6.45) is 0.225. The highest BCUT2D eigenvalue weighted by atomic mass is 35.5. The van der Waals surface area contributed by atoms with Gasteiger partial charge in [0.05, 0.1) is 7.11 Å². The molecule has 0 N–H and O–H groups in total. The summed E-state index contributed by atoms with van der Waals surface area (Å²) in [5.41, 5.74) is 0. The largest absolute Gasteiger partial charge is 0.481 e. The number of hydrogen-bond donors (Lipinski definition) is 0. The maximum atomic E-state index is 12.1. The molecule has 5 nitrogen and oxygen atoms in total. The van der Waals surface area contributed by atoms with Gasteiger partial charge in [0.2, 0.25) is 0 Å². The number of likely N-dealkylation sites (N-methyl/N-ethyl adjacent to an activating group) is 1. The molecule has 116 valence electrons. The zero-order valence-electron chi connectivity index (χ0n) is 12.5. The second-order valence-corrected chi connectivity index (χ2v) is 5.09. The SMILES string of the molecule is COC(=O)CCCN(C)C(=O)C(C)Oc1cccc(Cl)c1. The normalized spacial score (nSPS) is 11.6. The molecule has 0 fully saturated rings. The maximum absolute atomic E-state index is 12.1. The Bertz CT molecular complexity index is 492. The van der Waals surface area contributed by atoms with E-state index in [2.05, 4.69) is 4.74 Å². The van der Waals surface area contributed by atoms with Crippen LogP contribution in [0, 0.1) is 0 Å². The number of rotatable bonds is 7. The monoisotopic (exact) mass is 313 g/mol. The van der Waals surface area contributed by atoms with Crippen LogP contribution >= 0.6 is 11.6 Å². The lowest BCUT2D eigenvalue weighted by molar-refractivity contribution is -0.142. The van der Waals surface area contributed by atoms with Crippen LogP contribution in [0.3, 0.4) is 0 Å². The van der Waals surface area contributed by atoms with Gasteiger partial charge in [0.25, 0.3) is 5.91 Å². The van der Waals surface area contributed by atoms with E-state index in [0.717, 1.165) is 0 Å². The van der Waals surface area contributed by atoms with E-state index in [1.165, 1.54) is 12.0 Å². The number of benzene rings is 1. The van der Waals surface area contributed by atoms with Crippen molar-refractivity contribution < 1.29 is 19.1 Å². The number of ether oxygens (including phenoxy) is 2. The van der Waals surface area contributed by atoms with E-state index in [-0.39, 0.29) is 18.3 Å². The molecule has 0 heterocycles. The second kappa shape index (κ2) is 8.52. The van der Waals surface area contributed by atoms with Crippen LogP contribution in [0.15, 0.2) is 24.3 Å². The molecule has 1 rings (SSSR count). The maximum Gasteiger partial charge on any atom is 0.305 e. The van der Waals surface area contributed by atoms with Gasteiger partial charge in [-0.05, 0) is 31.5 Å². The molecule has 21 heavy (non-hydrogen) atoms. The molecule has 0 spiro atoms. The van der Waals surface area contributed by atoms with E-state index in [0.29, 0.717) is 23.7 Å². The molecule has 1 aromatic rings. The molecule has 0 aliphatic heterocycles. The van der Waals surface area contributed by atoms with Crippen LogP contribution in [-0.4, -0.2) is 43.6 Å². The van der Waals surface area contributed by atoms with Crippen molar-refractivity contribution in [2.75, 3.05) is 20.7 Å². The van der Waals surface area contributed by atoms with Gasteiger partial charge in [-0.3, -0.25) is 9.59 Å². The van der Waals surface area contributed by atoms with Crippen LogP contribution in [0.2, 0.25) is 5.02 Å². The quantitative estimate of drug-likeness (QED) is 0.726. The van der Waals surface area contributed by atoms with Crippen LogP contribution in [-0.2, 0) is 14.3 Å². The summed E-state index contributed by atoms with van der Waals surface area (Å²) in [7, 11) is 3.02. The highest BCUT2D eigenvalue weighted by Gasteiger charge is 2.19. The first-order chi connectivity index (χ1) is 9.93. The van der Waals surface area contributed by atoms with E-state index < -0.39 is 6.10 Å². The summed E-state index contributed by atoms with van der Waals surface area (Å²) >= 11 is 5.86. The number of halogens is 1. The molecule has 0 aliphatic rings. The number of hydrogen-bond acceptors (Lipinski definition) is 4. The molecule has 1 aromatic carbocycles. The molecule has 1 unspecified atom stereocenters. The highest BCUT2D eigenvalue weighted by Crippen LogP contribution is 2.18. The Kier molecular flexibility index (Phi) is 7.02. The summed E-state index contributed by atoms with van der Waals surface area (Å²) in [4.78, 5) is 24.7. The van der Waals surface area contributed by atoms with Gasteiger partial charge in [-0.15, -0.1) is 0 Å². The van der Waals surface area contributed by atoms with Crippen LogP contribution in [0.1, 0.15) is 19.8 Å². The smallest absolute Gasteiger partial charge is 0.305 e. The molecule has 0 saturated heterocycles. The van der Waals surface area contributed by atoms with E-state index in [1.54, 1.807) is 38.2 Å². The van der Waals surface area contributed by atoms with E-state index in [9.17, 15) is 9.59 Å². The van der Waals surface area contributed by atoms with Crippen molar-refractivity contribution in [2.45, 2.75) is 25.9 Å². The molecule has 0 aromatic heterocycles. The molecular weight excluding hydrogens is 294 g/mol. The van der Waals surface area contributed by atoms with Crippen molar-refractivity contribution in [3.8, 4) is 5.75 Å². The lowest BCUT2D eigenvalue weighted by Crippen LogP contribution is -2.38. The lowest BCUT2D eigenvalue weighted by atomic mass is 10.2. The lowest BCUT2D eigenvalue weighted by Gasteiger charge is -2.22. The third-order valence-electron chi connectivity index (χ3n) is 2.94. The van der Waals surface area contributed by atoms with E-state index >= 15 is 0 Å².